The molecule has 1 aliphatic heterocycles. The Morgan fingerprint density at radius 3 is 2.73 bits per heavy atom. The predicted molar refractivity (Wildman–Crippen MR) is 56.7 cm³/mol. The van der Waals surface area contributed by atoms with Crippen molar-refractivity contribution in [1.82, 2.24) is 4.90 Å². The molecule has 0 saturated carbocycles. The number of rotatable bonds is 0. The molecule has 1 rings (SSSR count). The van der Waals surface area contributed by atoms with Gasteiger partial charge in [0.1, 0.15) is 11.0 Å². The van der Waals surface area contributed by atoms with Crippen LogP contribution >= 0.6 is 35.6 Å². The van der Waals surface area contributed by atoms with E-state index < -0.39 is 6.29 Å². The van der Waals surface area contributed by atoms with Crippen LogP contribution in [-0.2, 0) is 0 Å². The molecule has 0 amide bonds. The molecule has 1 aliphatic rings. The van der Waals surface area contributed by atoms with Gasteiger partial charge in [0.2, 0.25) is 0 Å². The fourth-order valence-corrected chi connectivity index (χ4v) is 0.839. The van der Waals surface area contributed by atoms with Gasteiger partial charge in [0.25, 0.3) is 0 Å². The lowest BCUT2D eigenvalue weighted by Crippen LogP contribution is -2.40. The van der Waals surface area contributed by atoms with Gasteiger partial charge in [-0.05, 0) is 0 Å². The Labute approximate surface area is 87.3 Å². The van der Waals surface area contributed by atoms with E-state index in [2.05, 4.69) is 4.99 Å². The van der Waals surface area contributed by atoms with Gasteiger partial charge in [-0.25, -0.2) is 4.99 Å². The Hall–Kier alpha value is -0.0100. The summed E-state index contributed by atoms with van der Waals surface area (Å²) in [5.74, 6) is 0.371. The normalized spacial score (nSPS) is 23.5. The average Bonchev–Trinajstić information content (AvgIpc) is 1.82. The number of nitrogens with zero attached hydrogens (tertiary/aromatic N) is 2. The maximum Gasteiger partial charge on any atom is 0.176 e. The summed E-state index contributed by atoms with van der Waals surface area (Å²) in [4.78, 5) is 5.47. The number of hydrogen-bond acceptors (Lipinski definition) is 4. The van der Waals surface area contributed by atoms with Crippen LogP contribution in [0.15, 0.2) is 16.2 Å². The Morgan fingerprint density at radius 1 is 1.73 bits per heavy atom. The second-order valence-corrected chi connectivity index (χ2v) is 2.43. The minimum absolute atomic E-state index is 0. The first-order chi connectivity index (χ1) is 4.61. The first-order valence-electron chi connectivity index (χ1n) is 2.80. The van der Waals surface area contributed by atoms with Crippen LogP contribution in [0.5, 0.6) is 0 Å². The molecule has 11 heavy (non-hydrogen) atoms. The summed E-state index contributed by atoms with van der Waals surface area (Å²) >= 11 is 5.70. The zero-order valence-corrected chi connectivity index (χ0v) is 9.08. The SMILES string of the molecule is CN1C(Cl)=CC(N)=NC1N.I. The fourth-order valence-electron chi connectivity index (χ4n) is 0.627. The summed E-state index contributed by atoms with van der Waals surface area (Å²) in [5.41, 5.74) is 10.9. The van der Waals surface area contributed by atoms with Crippen LogP contribution in [-0.4, -0.2) is 24.1 Å². The molecule has 0 aromatic heterocycles. The van der Waals surface area contributed by atoms with E-state index in [1.54, 1.807) is 18.0 Å². The Kier molecular flexibility index (Phi) is 4.12. The van der Waals surface area contributed by atoms with Gasteiger partial charge in [-0.3, -0.25) is 5.73 Å². The van der Waals surface area contributed by atoms with Crippen LogP contribution in [0, 0.1) is 0 Å². The van der Waals surface area contributed by atoms with Gasteiger partial charge in [-0.1, -0.05) is 11.6 Å². The highest BCUT2D eigenvalue weighted by Crippen LogP contribution is 2.12. The average molecular weight is 289 g/mol. The standard InChI is InChI=1S/C5H9ClN4.HI/c1-10-3(6)2-4(7)9-5(10)8;/h2,5H,8H2,1H3,(H2,7,9);1H. The fraction of sp³-hybridized carbons (Fsp3) is 0.400. The van der Waals surface area contributed by atoms with Crippen LogP contribution in [0.3, 0.4) is 0 Å². The number of hydrogen-bond donors (Lipinski definition) is 2. The largest absolute Gasteiger partial charge is 0.384 e. The van der Waals surface area contributed by atoms with Crippen molar-refractivity contribution >= 4 is 41.4 Å². The summed E-state index contributed by atoms with van der Waals surface area (Å²) in [6.07, 6.45) is 1.11. The van der Waals surface area contributed by atoms with Crippen LogP contribution < -0.4 is 11.5 Å². The van der Waals surface area contributed by atoms with Gasteiger partial charge in [-0.15, -0.1) is 24.0 Å². The van der Waals surface area contributed by atoms with E-state index in [0.29, 0.717) is 11.0 Å². The van der Waals surface area contributed by atoms with Crippen molar-refractivity contribution < 1.29 is 0 Å². The molecular weight excluding hydrogens is 278 g/mol. The molecule has 0 aromatic rings. The van der Waals surface area contributed by atoms with E-state index >= 15 is 0 Å². The van der Waals surface area contributed by atoms with Crippen LogP contribution in [0.25, 0.3) is 0 Å². The second kappa shape index (κ2) is 4.13. The third-order valence-electron chi connectivity index (χ3n) is 1.28. The molecule has 64 valence electrons. The Morgan fingerprint density at radius 2 is 2.27 bits per heavy atom. The van der Waals surface area contributed by atoms with E-state index in [-0.39, 0.29) is 24.0 Å². The third kappa shape index (κ3) is 2.49. The van der Waals surface area contributed by atoms with Gasteiger partial charge in [0, 0.05) is 13.1 Å². The van der Waals surface area contributed by atoms with Crippen LogP contribution in [0.1, 0.15) is 0 Å². The summed E-state index contributed by atoms with van der Waals surface area (Å²) in [6, 6.07) is 0. The molecule has 4 nitrogen and oxygen atoms in total. The maximum absolute atomic E-state index is 5.70. The molecule has 0 fully saturated rings. The first-order valence-corrected chi connectivity index (χ1v) is 3.18. The zero-order valence-electron chi connectivity index (χ0n) is 5.99. The molecule has 1 unspecified atom stereocenters. The van der Waals surface area contributed by atoms with Crippen molar-refractivity contribution in [2.45, 2.75) is 6.29 Å². The number of amidine groups is 1. The summed E-state index contributed by atoms with van der Waals surface area (Å²) in [6.45, 7) is 0. The molecule has 0 aliphatic carbocycles. The minimum Gasteiger partial charge on any atom is -0.384 e. The molecule has 4 N–H and O–H groups in total. The second-order valence-electron chi connectivity index (χ2n) is 2.05. The highest BCUT2D eigenvalue weighted by atomic mass is 127. The van der Waals surface area contributed by atoms with Crippen molar-refractivity contribution in [3.8, 4) is 0 Å². The quantitative estimate of drug-likeness (QED) is 0.495. The zero-order chi connectivity index (χ0) is 7.72. The van der Waals surface area contributed by atoms with Crippen LogP contribution in [0.2, 0.25) is 0 Å². The Bertz CT molecular complexity index is 203. The Balaban J connectivity index is 0.000001000. The van der Waals surface area contributed by atoms with Gasteiger partial charge < -0.3 is 10.6 Å². The molecular formula is C5H10ClIN4. The number of aliphatic imine (C=N–C) groups is 1. The topological polar surface area (TPSA) is 67.6 Å². The first kappa shape index (κ1) is 11.0. The van der Waals surface area contributed by atoms with Crippen molar-refractivity contribution in [2.75, 3.05) is 7.05 Å². The third-order valence-corrected chi connectivity index (χ3v) is 1.66. The van der Waals surface area contributed by atoms with Crippen molar-refractivity contribution in [3.63, 3.8) is 0 Å². The maximum atomic E-state index is 5.70. The van der Waals surface area contributed by atoms with E-state index in [1.165, 1.54) is 0 Å². The lowest BCUT2D eigenvalue weighted by atomic mass is 10.4. The molecule has 1 heterocycles. The molecule has 0 spiro atoms. The molecule has 0 radical (unpaired) electrons. The van der Waals surface area contributed by atoms with E-state index in [9.17, 15) is 0 Å². The van der Waals surface area contributed by atoms with Crippen molar-refractivity contribution in [3.05, 3.63) is 11.2 Å². The van der Waals surface area contributed by atoms with E-state index in [4.69, 9.17) is 23.1 Å². The molecule has 1 atom stereocenters. The number of nitrogens with two attached hydrogens (primary N) is 2. The smallest absolute Gasteiger partial charge is 0.176 e. The monoisotopic (exact) mass is 288 g/mol. The predicted octanol–water partition coefficient (Wildman–Crippen LogP) is 0.230. The summed E-state index contributed by atoms with van der Waals surface area (Å²) in [7, 11) is 1.75. The highest BCUT2D eigenvalue weighted by molar-refractivity contribution is 14.0. The highest BCUT2D eigenvalue weighted by Gasteiger charge is 2.14. The van der Waals surface area contributed by atoms with Gasteiger partial charge in [0.15, 0.2) is 6.29 Å². The lowest BCUT2D eigenvalue weighted by molar-refractivity contribution is 0.333. The summed E-state index contributed by atoms with van der Waals surface area (Å²) < 4.78 is 0. The van der Waals surface area contributed by atoms with E-state index in [1.807, 2.05) is 0 Å². The minimum atomic E-state index is -0.447. The van der Waals surface area contributed by atoms with Gasteiger partial charge >= 0.3 is 0 Å². The number of halogens is 2. The van der Waals surface area contributed by atoms with Crippen molar-refractivity contribution in [2.24, 2.45) is 16.5 Å². The van der Waals surface area contributed by atoms with Crippen molar-refractivity contribution in [1.29, 1.82) is 0 Å². The van der Waals surface area contributed by atoms with Crippen LogP contribution in [0.4, 0.5) is 0 Å². The molecule has 0 saturated heterocycles. The van der Waals surface area contributed by atoms with Gasteiger partial charge in [0.05, 0.1) is 0 Å². The van der Waals surface area contributed by atoms with Gasteiger partial charge in [-0.2, -0.15) is 0 Å². The lowest BCUT2D eigenvalue weighted by Gasteiger charge is -2.25. The molecule has 0 aromatic carbocycles. The molecule has 0 bridgehead atoms. The summed E-state index contributed by atoms with van der Waals surface area (Å²) in [5, 5.41) is 0.514. The molecule has 6 heteroatoms. The van der Waals surface area contributed by atoms with E-state index in [0.717, 1.165) is 0 Å².